The minimum Gasteiger partial charge on any atom is -0.465 e. The van der Waals surface area contributed by atoms with Crippen molar-refractivity contribution in [3.63, 3.8) is 0 Å². The molecule has 0 saturated carbocycles. The molecule has 129 heavy (non-hydrogen) atoms. The number of carbonyl (C=O) groups excluding carboxylic acids is 3. The molecule has 0 amide bonds. The van der Waals surface area contributed by atoms with Crippen LogP contribution in [0.1, 0.15) is 94.9 Å². The first-order chi connectivity index (χ1) is 59.8. The molecule has 8 heterocycles. The summed E-state index contributed by atoms with van der Waals surface area (Å²) in [4.78, 5) is 122. The summed E-state index contributed by atoms with van der Waals surface area (Å²) in [6.45, 7) is 20.6. The predicted octanol–water partition coefficient (Wildman–Crippen LogP) is 7.46. The van der Waals surface area contributed by atoms with Gasteiger partial charge in [-0.1, -0.05) is 90.8 Å². The van der Waals surface area contributed by atoms with Crippen molar-refractivity contribution in [3.05, 3.63) is 86.0 Å². The van der Waals surface area contributed by atoms with Gasteiger partial charge in [-0.2, -0.15) is 39.9 Å². The summed E-state index contributed by atoms with van der Waals surface area (Å²) in [6.07, 6.45) is 8.07. The third-order valence-corrected chi connectivity index (χ3v) is 22.0. The Morgan fingerprint density at radius 2 is 0.705 bits per heavy atom. The number of aromatic nitrogens is 16. The van der Waals surface area contributed by atoms with Crippen LogP contribution < -0.4 is 78.3 Å². The number of hydrogen-bond donors (Lipinski definition) is 12. The van der Waals surface area contributed by atoms with Crippen molar-refractivity contribution in [2.75, 3.05) is 164 Å². The highest BCUT2D eigenvalue weighted by Crippen LogP contribution is 2.45. The van der Waals surface area contributed by atoms with Gasteiger partial charge in [0.1, 0.15) is 48.4 Å². The quantitative estimate of drug-likeness (QED) is 0.0100. The van der Waals surface area contributed by atoms with Gasteiger partial charge >= 0.3 is 34.6 Å². The van der Waals surface area contributed by atoms with Crippen LogP contribution >= 0.6 is 55.0 Å². The molecule has 0 fully saturated rings. The highest BCUT2D eigenvalue weighted by atomic mass is 35.5. The molecule has 10 aromatic rings. The first-order valence-electron chi connectivity index (χ1n) is 40.4. The number of hydrogen-bond acceptors (Lipinski definition) is 37. The van der Waals surface area contributed by atoms with E-state index in [0.29, 0.717) is 118 Å². The van der Waals surface area contributed by atoms with Crippen LogP contribution in [0.25, 0.3) is 44.7 Å². The van der Waals surface area contributed by atoms with E-state index in [2.05, 4.69) is 75.1 Å². The SMILES string of the molecule is CC(=O)[C@H](C)NP(=O)(COCCn1cnc2c(N(C)C)nc(N)nc21)Oc1ccccc1.CC(C)N.CC(C)N.CCCCOC(=O)[C@H](C)NP(=O)(COCCn1cnc2c(N(C)C)nc(N)nc21)N[C@@H](C)C(=O)OCCCC.CN(C)c1nc(N)nc2c1ncn2CCOCP(=O)(O)O.CN(C)c1nc(N)nc2c1ncn2CCOCP(=O)(O)Oc1ccccc1.Cl.Cl. The van der Waals surface area contributed by atoms with Gasteiger partial charge in [-0.15, -0.1) is 24.8 Å². The fourth-order valence-corrected chi connectivity index (χ4v) is 15.7. The Hall–Kier alpha value is -9.73. The first kappa shape index (κ1) is 113. The maximum atomic E-state index is 13.8. The van der Waals surface area contributed by atoms with Crippen molar-refractivity contribution >= 4 is 164 Å². The van der Waals surface area contributed by atoms with E-state index >= 15 is 0 Å². The Morgan fingerprint density at radius 1 is 0.419 bits per heavy atom. The van der Waals surface area contributed by atoms with Gasteiger partial charge in [-0.05, 0) is 76.9 Å². The smallest absolute Gasteiger partial charge is 0.402 e. The number of carbonyl (C=O) groups is 3. The molecule has 0 aliphatic rings. The van der Waals surface area contributed by atoms with Gasteiger partial charge in [0, 0.05) is 82.6 Å². The first-order valence-corrected chi connectivity index (χ1v) is 47.7. The molecule has 0 aliphatic heterocycles. The maximum absolute atomic E-state index is 13.8. The van der Waals surface area contributed by atoms with Crippen molar-refractivity contribution in [1.82, 2.24) is 93.3 Å². The summed E-state index contributed by atoms with van der Waals surface area (Å²) in [5, 5.41) is 8.39. The van der Waals surface area contributed by atoms with Gasteiger partial charge in [0.05, 0.1) is 71.0 Å². The Bertz CT molecular complexity index is 5230. The lowest BCUT2D eigenvalue weighted by molar-refractivity contribution is -0.145. The Labute approximate surface area is 762 Å². The molecule has 47 nitrogen and oxygen atoms in total. The molecule has 18 N–H and O–H groups in total. The molecule has 2 unspecified atom stereocenters. The average Bonchev–Trinajstić information content (AvgIpc) is 1.66. The molecule has 5 atom stereocenters. The standard InChI is InChI=1S/C24H43N8O6P.C20H28N7O4P.C16H21N6O4P.C10H17N6O4P.2C3H9N.2ClH/c1-7-9-12-37-22(33)17(3)29-39(35,30-18(4)23(34)38-13-10-8-2)16-36-14-11-32-15-26-19-20(31(5)6)27-24(25)28-21(19)32;1-14(15(2)28)25-32(29,31-16-8-6-5-7-9-16)13-30-11-10-27-12-22-17-18(26(3)4)23-20(21)24-19(17)27;1-21(2)14-13-15(20-16(17)19-14)22(10-18-13)8-9-25-11-27(23,24)26-12-6-4-3-5-7-12;1-15(2)8-7-9(14-10(11)13-8)16(5-12-7)3-4-20-6-21(17,18)19;2*1-3(2)4;;/h15,17-18H,7-14,16H2,1-6H3,(H2,25,27,28)(H2,29,30,35);5-9,12,14H,10-11,13H2,1-4H3,(H,25,29)(H2,21,23,24);3-7,10H,8-9,11H2,1-2H3,(H,23,24)(H2,17,19,20);5H,3-4,6H2,1-2H3,(H2,11,13,14)(H2,17,18,19);2*3H,4H2,1-2H3;2*1H/t17-,18-;14-,32?;;;;;;/m00....../s1. The predicted molar refractivity (Wildman–Crippen MR) is 504 cm³/mol. The van der Waals surface area contributed by atoms with Gasteiger partial charge in [-0.25, -0.2) is 39.8 Å². The lowest BCUT2D eigenvalue weighted by Crippen LogP contribution is -2.43. The fourth-order valence-electron chi connectivity index (χ4n) is 10.6. The van der Waals surface area contributed by atoms with E-state index in [9.17, 15) is 37.5 Å². The van der Waals surface area contributed by atoms with Crippen LogP contribution in [0.15, 0.2) is 86.0 Å². The third kappa shape index (κ3) is 39.5. The number of ketones is 1. The lowest BCUT2D eigenvalue weighted by atomic mass is 10.3. The van der Waals surface area contributed by atoms with E-state index in [0.717, 1.165) is 25.7 Å². The second kappa shape index (κ2) is 55.4. The van der Waals surface area contributed by atoms with E-state index in [1.807, 2.05) is 109 Å². The molecule has 0 spiro atoms. The highest BCUT2D eigenvalue weighted by Gasteiger charge is 2.34. The number of fused-ring (bicyclic) bond motifs is 4. The average molecular weight is 1930 g/mol. The number of rotatable bonds is 43. The number of esters is 2. The van der Waals surface area contributed by atoms with E-state index in [1.165, 1.54) is 6.92 Å². The molecule has 0 aliphatic carbocycles. The van der Waals surface area contributed by atoms with Crippen LogP contribution in [0.5, 0.6) is 11.5 Å². The van der Waals surface area contributed by atoms with E-state index in [4.69, 9.17) is 81.7 Å². The number of halogens is 2. The van der Waals surface area contributed by atoms with Gasteiger partial charge in [0.25, 0.3) is 0 Å². The van der Waals surface area contributed by atoms with Crippen LogP contribution in [-0.2, 0) is 87.2 Å². The van der Waals surface area contributed by atoms with Crippen molar-refractivity contribution < 1.29 is 84.8 Å². The number of benzene rings is 2. The van der Waals surface area contributed by atoms with Gasteiger partial charge in [0.2, 0.25) is 31.2 Å². The second-order valence-electron chi connectivity index (χ2n) is 30.0. The summed E-state index contributed by atoms with van der Waals surface area (Å²) in [7, 11) is -0.452. The summed E-state index contributed by atoms with van der Waals surface area (Å²) in [5.41, 5.74) is 38.1. The molecule has 53 heteroatoms. The molecular formula is C76H129Cl2N29O18P4. The minimum atomic E-state index is -4.15. The number of Topliss-reactive ketones (excluding diaryl/α,β-unsaturated/α-hetero) is 1. The van der Waals surface area contributed by atoms with Crippen LogP contribution in [0.3, 0.4) is 0 Å². The number of nitrogen functional groups attached to an aromatic ring is 4. The maximum Gasteiger partial charge on any atom is 0.402 e. The summed E-state index contributed by atoms with van der Waals surface area (Å²) < 4.78 is 99.9. The topological polar surface area (TPSA) is 634 Å². The number of para-hydroxylation sites is 2. The number of anilines is 8. The van der Waals surface area contributed by atoms with Crippen LogP contribution in [-0.4, -0.2) is 262 Å². The highest BCUT2D eigenvalue weighted by molar-refractivity contribution is 7.59. The van der Waals surface area contributed by atoms with E-state index < -0.39 is 72.9 Å². The number of imidazole rings is 4. The lowest BCUT2D eigenvalue weighted by Gasteiger charge is -2.26. The van der Waals surface area contributed by atoms with Gasteiger partial charge in [0.15, 0.2) is 74.3 Å². The molecule has 0 bridgehead atoms. The molecule has 10 rings (SSSR count). The van der Waals surface area contributed by atoms with Crippen molar-refractivity contribution in [1.29, 1.82) is 0 Å². The summed E-state index contributed by atoms with van der Waals surface area (Å²) in [5.74, 6) is 2.48. The minimum absolute atomic E-state index is 0. The number of nitrogens with two attached hydrogens (primary N) is 6. The van der Waals surface area contributed by atoms with Crippen molar-refractivity contribution in [2.45, 2.75) is 151 Å². The molecule has 0 saturated heterocycles. The Kier molecular flexibility index (Phi) is 48.8. The second-order valence-corrected chi connectivity index (χ2v) is 37.6. The number of unbranched alkanes of at least 4 members (excludes halogenated alkanes) is 2. The number of nitrogens with zero attached hydrogens (tertiary/aromatic N) is 20. The molecule has 2 aromatic carbocycles. The molecule has 8 aromatic heterocycles. The third-order valence-electron chi connectivity index (χ3n) is 16.5. The largest absolute Gasteiger partial charge is 0.465 e. The Balaban J connectivity index is 0.000000436. The monoisotopic (exact) mass is 1930 g/mol. The van der Waals surface area contributed by atoms with Gasteiger partial charge < -0.3 is 124 Å². The molecule has 720 valence electrons. The van der Waals surface area contributed by atoms with E-state index in [1.54, 1.807) is 134 Å². The number of nitrogens with one attached hydrogen (secondary N) is 3. The van der Waals surface area contributed by atoms with Crippen LogP contribution in [0.2, 0.25) is 0 Å². The fraction of sp³-hybridized carbons (Fsp3) is 0.539. The number of ether oxygens (including phenoxy) is 6. The van der Waals surface area contributed by atoms with Crippen LogP contribution in [0, 0.1) is 0 Å². The zero-order valence-electron chi connectivity index (χ0n) is 76.2. The summed E-state index contributed by atoms with van der Waals surface area (Å²) >= 11 is 0. The molecular weight excluding hydrogens is 1800 g/mol. The molecule has 0 radical (unpaired) electrons. The zero-order chi connectivity index (χ0) is 94.5. The van der Waals surface area contributed by atoms with Gasteiger partial charge in [-0.3, -0.25) is 28.1 Å². The zero-order valence-corrected chi connectivity index (χ0v) is 81.4. The van der Waals surface area contributed by atoms with Crippen LogP contribution in [0.4, 0.5) is 47.1 Å². The summed E-state index contributed by atoms with van der Waals surface area (Å²) in [6, 6.07) is 15.4. The van der Waals surface area contributed by atoms with E-state index in [-0.39, 0.29) is 107 Å². The normalized spacial score (nSPS) is 12.8. The Morgan fingerprint density at radius 3 is 0.992 bits per heavy atom. The van der Waals surface area contributed by atoms with Crippen molar-refractivity contribution in [3.8, 4) is 11.5 Å². The van der Waals surface area contributed by atoms with Crippen molar-refractivity contribution in [2.24, 2.45) is 11.5 Å².